The van der Waals surface area contributed by atoms with E-state index in [1.807, 2.05) is 17.5 Å². The van der Waals surface area contributed by atoms with Crippen LogP contribution >= 0.6 is 11.3 Å². The minimum atomic E-state index is 0.237. The Hall–Kier alpha value is -1.41. The molecule has 3 heterocycles. The van der Waals surface area contributed by atoms with Gasteiger partial charge in [-0.1, -0.05) is 0 Å². The van der Waals surface area contributed by atoms with Crippen molar-refractivity contribution in [1.82, 2.24) is 4.98 Å². The number of benzene rings is 1. The molecule has 0 unspecified atom stereocenters. The quantitative estimate of drug-likeness (QED) is 0.313. The van der Waals surface area contributed by atoms with Gasteiger partial charge in [0.25, 0.3) is 0 Å². The predicted molar refractivity (Wildman–Crippen MR) is 121 cm³/mol. The van der Waals surface area contributed by atoms with Gasteiger partial charge in [0, 0.05) is 0 Å². The zero-order valence-corrected chi connectivity index (χ0v) is 19.5. The van der Waals surface area contributed by atoms with Gasteiger partial charge in [0.15, 0.2) is 0 Å². The number of aryl methyl sites for hydroxylation is 1. The number of pyridine rings is 1. The molecular weight excluding hydrogens is 413 g/mol. The normalized spacial score (nSPS) is 12.6. The molecule has 0 N–H and O–H groups in total. The van der Waals surface area contributed by atoms with Gasteiger partial charge in [-0.25, -0.2) is 0 Å². The van der Waals surface area contributed by atoms with Crippen molar-refractivity contribution < 1.29 is 0 Å². The van der Waals surface area contributed by atoms with Gasteiger partial charge >= 0.3 is 173 Å². The Balaban J connectivity index is 1.95. The number of hydrogen-bond acceptors (Lipinski definition) is 2. The van der Waals surface area contributed by atoms with Gasteiger partial charge in [0.2, 0.25) is 0 Å². The average Bonchev–Trinajstić information content (AvgIpc) is 3.15. The Morgan fingerprint density at radius 1 is 1.07 bits per heavy atom. The zero-order chi connectivity index (χ0) is 19.3. The van der Waals surface area contributed by atoms with Crippen molar-refractivity contribution in [2.45, 2.75) is 53.4 Å². The second kappa shape index (κ2) is 6.88. The van der Waals surface area contributed by atoms with Gasteiger partial charge < -0.3 is 0 Å². The summed E-state index contributed by atoms with van der Waals surface area (Å²) in [5.74, 6) is 0.667. The number of nitrogens with zero attached hydrogens (tertiary/aromatic N) is 1. The molecule has 0 bridgehead atoms. The van der Waals surface area contributed by atoms with Crippen LogP contribution in [0.5, 0.6) is 0 Å². The molecular formula is C24H27NSSe. The molecule has 140 valence electrons. The van der Waals surface area contributed by atoms with E-state index in [4.69, 9.17) is 4.98 Å². The van der Waals surface area contributed by atoms with Crippen LogP contribution in [0.1, 0.15) is 50.2 Å². The molecule has 27 heavy (non-hydrogen) atoms. The fraction of sp³-hybridized carbons (Fsp3) is 0.375. The molecule has 0 radical (unpaired) electrons. The summed E-state index contributed by atoms with van der Waals surface area (Å²) < 4.78 is 5.85. The molecule has 1 aromatic carbocycles. The molecule has 0 spiro atoms. The summed E-state index contributed by atoms with van der Waals surface area (Å²) >= 11 is 2.30. The first-order valence-corrected chi connectivity index (χ1v) is 12.2. The van der Waals surface area contributed by atoms with E-state index >= 15 is 0 Å². The monoisotopic (exact) mass is 441 g/mol. The van der Waals surface area contributed by atoms with E-state index in [0.29, 0.717) is 20.4 Å². The van der Waals surface area contributed by atoms with E-state index in [9.17, 15) is 0 Å². The summed E-state index contributed by atoms with van der Waals surface area (Å²) in [5, 5.41) is 2.76. The van der Waals surface area contributed by atoms with E-state index in [1.165, 1.54) is 41.4 Å². The standard InChI is InChI=1S/C24H27NSSe/c1-14(2)12-16-8-7-9-17-18-10-11-25-20(22(18)26-21(16)17)19-13-15(3)23(27-19)24(4,5)6/h7-11,13-14H,12H2,1-6H3. The van der Waals surface area contributed by atoms with Crippen LogP contribution in [0.3, 0.4) is 0 Å². The van der Waals surface area contributed by atoms with Crippen LogP contribution in [-0.2, 0) is 11.8 Å². The molecule has 3 aromatic heterocycles. The summed E-state index contributed by atoms with van der Waals surface area (Å²) in [6.07, 6.45) is 3.13. The first-order chi connectivity index (χ1) is 12.8. The molecule has 3 heteroatoms. The average molecular weight is 441 g/mol. The molecule has 0 amide bonds. The zero-order valence-electron chi connectivity index (χ0n) is 17.0. The second-order valence-corrected chi connectivity index (χ2v) is 12.1. The van der Waals surface area contributed by atoms with Gasteiger partial charge in [-0.3, -0.25) is 0 Å². The number of thiophene rings is 1. The molecule has 4 aromatic rings. The third-order valence-electron chi connectivity index (χ3n) is 4.96. The molecule has 0 saturated carbocycles. The first kappa shape index (κ1) is 18.9. The molecule has 0 saturated heterocycles. The Morgan fingerprint density at radius 2 is 1.81 bits per heavy atom. The Kier molecular flexibility index (Phi) is 4.83. The molecule has 1 nitrogen and oxygen atoms in total. The van der Waals surface area contributed by atoms with E-state index < -0.39 is 0 Å². The predicted octanol–water partition coefficient (Wildman–Crippen LogP) is 6.98. The molecule has 0 aliphatic heterocycles. The van der Waals surface area contributed by atoms with E-state index in [1.54, 1.807) is 4.44 Å². The van der Waals surface area contributed by atoms with Crippen molar-refractivity contribution in [3.05, 3.63) is 52.1 Å². The van der Waals surface area contributed by atoms with E-state index in [-0.39, 0.29) is 5.41 Å². The van der Waals surface area contributed by atoms with Crippen LogP contribution in [0.15, 0.2) is 36.5 Å². The van der Waals surface area contributed by atoms with Crippen LogP contribution in [0.2, 0.25) is 0 Å². The van der Waals surface area contributed by atoms with Gasteiger partial charge in [-0.05, 0) is 0 Å². The molecule has 0 aliphatic rings. The fourth-order valence-electron chi connectivity index (χ4n) is 3.90. The maximum absolute atomic E-state index is 4.86. The van der Waals surface area contributed by atoms with Crippen LogP contribution in [-0.4, -0.2) is 19.5 Å². The summed E-state index contributed by atoms with van der Waals surface area (Å²) in [7, 11) is 0. The third kappa shape index (κ3) is 3.42. The van der Waals surface area contributed by atoms with Crippen molar-refractivity contribution in [3.63, 3.8) is 0 Å². The van der Waals surface area contributed by atoms with Crippen LogP contribution in [0, 0.1) is 12.8 Å². The molecule has 0 fully saturated rings. The van der Waals surface area contributed by atoms with Gasteiger partial charge in [0.05, 0.1) is 0 Å². The summed E-state index contributed by atoms with van der Waals surface area (Å²) in [5.41, 5.74) is 4.37. The SMILES string of the molecule is Cc1cc(-c2nccc3c2sc2c(CC(C)C)cccc23)[se]c1C(C)(C)C. The Bertz CT molecular complexity index is 1120. The number of hydrogen-bond donors (Lipinski definition) is 0. The summed E-state index contributed by atoms with van der Waals surface area (Å²) in [6, 6.07) is 11.4. The summed E-state index contributed by atoms with van der Waals surface area (Å²) in [6.45, 7) is 13.9. The Morgan fingerprint density at radius 3 is 2.48 bits per heavy atom. The van der Waals surface area contributed by atoms with Crippen molar-refractivity contribution in [2.24, 2.45) is 5.92 Å². The number of fused-ring (bicyclic) bond motifs is 3. The first-order valence-electron chi connectivity index (χ1n) is 9.66. The van der Waals surface area contributed by atoms with Gasteiger partial charge in [0.1, 0.15) is 0 Å². The molecule has 0 atom stereocenters. The van der Waals surface area contributed by atoms with Crippen molar-refractivity contribution in [1.29, 1.82) is 0 Å². The number of aromatic nitrogens is 1. The van der Waals surface area contributed by atoms with Gasteiger partial charge in [-0.2, -0.15) is 0 Å². The topological polar surface area (TPSA) is 12.9 Å². The van der Waals surface area contributed by atoms with E-state index in [2.05, 4.69) is 71.9 Å². The van der Waals surface area contributed by atoms with Crippen molar-refractivity contribution in [3.8, 4) is 10.1 Å². The third-order valence-corrected chi connectivity index (χ3v) is 9.76. The molecule has 4 rings (SSSR count). The van der Waals surface area contributed by atoms with Crippen molar-refractivity contribution >= 4 is 46.0 Å². The molecule has 0 aliphatic carbocycles. The van der Waals surface area contributed by atoms with Gasteiger partial charge in [-0.15, -0.1) is 0 Å². The van der Waals surface area contributed by atoms with Crippen LogP contribution in [0.25, 0.3) is 30.3 Å². The van der Waals surface area contributed by atoms with Crippen LogP contribution in [0.4, 0.5) is 0 Å². The maximum atomic E-state index is 4.86. The number of rotatable bonds is 3. The second-order valence-electron chi connectivity index (χ2n) is 8.90. The fourth-order valence-corrected chi connectivity index (χ4v) is 7.96. The Labute approximate surface area is 172 Å². The summed E-state index contributed by atoms with van der Waals surface area (Å²) in [4.78, 5) is 4.86. The van der Waals surface area contributed by atoms with Crippen LogP contribution < -0.4 is 0 Å². The van der Waals surface area contributed by atoms with E-state index in [0.717, 1.165) is 6.42 Å². The minimum absolute atomic E-state index is 0.237. The van der Waals surface area contributed by atoms with Crippen molar-refractivity contribution in [2.75, 3.05) is 0 Å².